The molecule has 0 fully saturated rings. The maximum absolute atomic E-state index is 2.30. The molecule has 0 heterocycles. The molecule has 2 aliphatic rings. The summed E-state index contributed by atoms with van der Waals surface area (Å²) in [6, 6.07) is 34.8. The lowest BCUT2D eigenvalue weighted by molar-refractivity contribution is 0.660. The Kier molecular flexibility index (Phi) is 5.59. The molecular formula is C30H30. The molecule has 0 saturated heterocycles. The highest BCUT2D eigenvalue weighted by Gasteiger charge is 2.34. The number of hydrogen-bond acceptors (Lipinski definition) is 0. The molecule has 150 valence electrons. The van der Waals surface area contributed by atoms with Crippen LogP contribution in [-0.4, -0.2) is 0 Å². The van der Waals surface area contributed by atoms with Gasteiger partial charge in [0, 0.05) is 5.41 Å². The van der Waals surface area contributed by atoms with Crippen LogP contribution >= 0.6 is 0 Å². The second-order valence-corrected chi connectivity index (χ2v) is 8.21. The summed E-state index contributed by atoms with van der Waals surface area (Å²) in [7, 11) is 0. The van der Waals surface area contributed by atoms with Crippen LogP contribution in [0.3, 0.4) is 0 Å². The zero-order chi connectivity index (χ0) is 21.1. The summed E-state index contributed by atoms with van der Waals surface area (Å²) in [5.41, 5.74) is 11.6. The summed E-state index contributed by atoms with van der Waals surface area (Å²) in [4.78, 5) is 0. The van der Waals surface area contributed by atoms with E-state index < -0.39 is 0 Å². The highest BCUT2D eigenvalue weighted by atomic mass is 14.4. The molecule has 0 unspecified atom stereocenters. The van der Waals surface area contributed by atoms with Gasteiger partial charge in [-0.3, -0.25) is 0 Å². The second-order valence-electron chi connectivity index (χ2n) is 8.21. The third-order valence-corrected chi connectivity index (χ3v) is 6.20. The van der Waals surface area contributed by atoms with Crippen molar-refractivity contribution in [3.63, 3.8) is 0 Å². The Morgan fingerprint density at radius 1 is 0.467 bits per heavy atom. The van der Waals surface area contributed by atoms with Crippen molar-refractivity contribution >= 4 is 0 Å². The van der Waals surface area contributed by atoms with Gasteiger partial charge in [-0.1, -0.05) is 125 Å². The normalized spacial score (nSPS) is 13.5. The average molecular weight is 391 g/mol. The van der Waals surface area contributed by atoms with Gasteiger partial charge in [0.15, 0.2) is 0 Å². The summed E-state index contributed by atoms with van der Waals surface area (Å²) in [5, 5.41) is 0. The van der Waals surface area contributed by atoms with Crippen molar-refractivity contribution in [2.24, 2.45) is 0 Å². The maximum atomic E-state index is 2.30. The van der Waals surface area contributed by atoms with Gasteiger partial charge in [0.2, 0.25) is 0 Å². The van der Waals surface area contributed by atoms with Crippen molar-refractivity contribution in [3.8, 4) is 22.3 Å². The van der Waals surface area contributed by atoms with Gasteiger partial charge in [-0.15, -0.1) is 0 Å². The van der Waals surface area contributed by atoms with Crippen molar-refractivity contribution in [1.82, 2.24) is 0 Å². The fourth-order valence-electron chi connectivity index (χ4n) is 4.75. The first-order chi connectivity index (χ1) is 14.7. The fraction of sp³-hybridized carbons (Fsp3) is 0.200. The van der Waals surface area contributed by atoms with E-state index in [-0.39, 0.29) is 5.41 Å². The molecule has 30 heavy (non-hydrogen) atoms. The molecule has 0 N–H and O–H groups in total. The molecule has 4 aromatic rings. The number of rotatable bonds is 0. The summed E-state index contributed by atoms with van der Waals surface area (Å²) in [6.07, 6.45) is 1.10. The van der Waals surface area contributed by atoms with E-state index in [1.54, 1.807) is 0 Å². The van der Waals surface area contributed by atoms with Gasteiger partial charge in [0.25, 0.3) is 0 Å². The smallest absolute Gasteiger partial charge is 0.0158 e. The van der Waals surface area contributed by atoms with Gasteiger partial charge in [-0.05, 0) is 50.9 Å². The average Bonchev–Trinajstić information content (AvgIpc) is 3.30. The molecule has 0 amide bonds. The molecule has 0 bridgehead atoms. The molecule has 0 heteroatoms. The monoisotopic (exact) mass is 390 g/mol. The van der Waals surface area contributed by atoms with Crippen LogP contribution in [0.1, 0.15) is 49.9 Å². The zero-order valence-electron chi connectivity index (χ0n) is 18.4. The summed E-state index contributed by atoms with van der Waals surface area (Å²) in [5.74, 6) is 0. The fourth-order valence-corrected chi connectivity index (χ4v) is 4.75. The molecule has 4 aromatic carbocycles. The van der Waals surface area contributed by atoms with Crippen LogP contribution in [-0.2, 0) is 11.8 Å². The van der Waals surface area contributed by atoms with E-state index in [4.69, 9.17) is 0 Å². The van der Waals surface area contributed by atoms with Gasteiger partial charge < -0.3 is 0 Å². The van der Waals surface area contributed by atoms with Crippen molar-refractivity contribution in [2.75, 3.05) is 0 Å². The Labute approximate surface area is 181 Å². The zero-order valence-corrected chi connectivity index (χ0v) is 18.4. The van der Waals surface area contributed by atoms with Crippen LogP contribution in [0, 0.1) is 0 Å². The van der Waals surface area contributed by atoms with Gasteiger partial charge in [0.1, 0.15) is 0 Å². The van der Waals surface area contributed by atoms with E-state index in [0.29, 0.717) is 0 Å². The quantitative estimate of drug-likeness (QED) is 0.249. The van der Waals surface area contributed by atoms with E-state index in [1.807, 2.05) is 13.8 Å². The van der Waals surface area contributed by atoms with E-state index >= 15 is 0 Å². The predicted octanol–water partition coefficient (Wildman–Crippen LogP) is 8.28. The minimum Gasteiger partial charge on any atom is -0.0683 e. The van der Waals surface area contributed by atoms with Crippen LogP contribution in [0.5, 0.6) is 0 Å². The van der Waals surface area contributed by atoms with Gasteiger partial charge in [-0.25, -0.2) is 0 Å². The Morgan fingerprint density at radius 2 is 0.800 bits per heavy atom. The van der Waals surface area contributed by atoms with Gasteiger partial charge in [-0.2, -0.15) is 0 Å². The molecule has 0 spiro atoms. The standard InChI is InChI=1S/C15H14.C13H10.C2H6/c1-15(2)13-9-5-3-7-11(13)12-8-4-6-10-14(12)15;1-3-7-12-10(5-1)9-11-6-2-4-8-13(11)12;1-2/h3-10H,1-2H3;1-8H,9H2;1-2H3. The van der Waals surface area contributed by atoms with Gasteiger partial charge in [0.05, 0.1) is 0 Å². The van der Waals surface area contributed by atoms with E-state index in [1.165, 1.54) is 44.5 Å². The first kappa shape index (κ1) is 20.2. The molecule has 0 radical (unpaired) electrons. The van der Waals surface area contributed by atoms with E-state index in [2.05, 4.69) is 111 Å². The van der Waals surface area contributed by atoms with Crippen LogP contribution < -0.4 is 0 Å². The van der Waals surface area contributed by atoms with E-state index in [9.17, 15) is 0 Å². The Hall–Kier alpha value is -3.12. The lowest BCUT2D eigenvalue weighted by Crippen LogP contribution is -2.14. The maximum Gasteiger partial charge on any atom is 0.0158 e. The van der Waals surface area contributed by atoms with Crippen molar-refractivity contribution < 1.29 is 0 Å². The minimum absolute atomic E-state index is 0.160. The van der Waals surface area contributed by atoms with E-state index in [0.717, 1.165) is 6.42 Å². The summed E-state index contributed by atoms with van der Waals surface area (Å²) < 4.78 is 0. The highest BCUT2D eigenvalue weighted by molar-refractivity contribution is 5.80. The van der Waals surface area contributed by atoms with Crippen molar-refractivity contribution in [3.05, 3.63) is 119 Å². The van der Waals surface area contributed by atoms with Crippen molar-refractivity contribution in [2.45, 2.75) is 39.5 Å². The molecule has 2 aliphatic carbocycles. The molecule has 0 saturated carbocycles. The number of fused-ring (bicyclic) bond motifs is 6. The first-order valence-electron chi connectivity index (χ1n) is 11.0. The van der Waals surface area contributed by atoms with Crippen LogP contribution in [0.4, 0.5) is 0 Å². The topological polar surface area (TPSA) is 0 Å². The largest absolute Gasteiger partial charge is 0.0683 e. The van der Waals surface area contributed by atoms with Crippen LogP contribution in [0.2, 0.25) is 0 Å². The third-order valence-electron chi connectivity index (χ3n) is 6.20. The Bertz CT molecular complexity index is 1070. The highest BCUT2D eigenvalue weighted by Crippen LogP contribution is 2.48. The van der Waals surface area contributed by atoms with Crippen LogP contribution in [0.15, 0.2) is 97.1 Å². The third kappa shape index (κ3) is 3.37. The molecule has 0 aromatic heterocycles. The lowest BCUT2D eigenvalue weighted by Gasteiger charge is -2.20. The predicted molar refractivity (Wildman–Crippen MR) is 130 cm³/mol. The Balaban J connectivity index is 0.000000135. The molecule has 6 rings (SSSR count). The number of benzene rings is 4. The first-order valence-corrected chi connectivity index (χ1v) is 11.0. The lowest BCUT2D eigenvalue weighted by atomic mass is 9.82. The number of hydrogen-bond donors (Lipinski definition) is 0. The molecule has 0 atom stereocenters. The minimum atomic E-state index is 0.160. The van der Waals surface area contributed by atoms with Crippen molar-refractivity contribution in [1.29, 1.82) is 0 Å². The second kappa shape index (κ2) is 8.32. The molecule has 0 aliphatic heterocycles. The Morgan fingerprint density at radius 3 is 1.23 bits per heavy atom. The van der Waals surface area contributed by atoms with Crippen LogP contribution in [0.25, 0.3) is 22.3 Å². The molecular weight excluding hydrogens is 360 g/mol. The van der Waals surface area contributed by atoms with Gasteiger partial charge >= 0.3 is 0 Å². The summed E-state index contributed by atoms with van der Waals surface area (Å²) in [6.45, 7) is 8.61. The summed E-state index contributed by atoms with van der Waals surface area (Å²) >= 11 is 0. The SMILES string of the molecule is CC.CC1(C)c2ccccc2-c2ccccc21.c1ccc2c(c1)Cc1ccccc1-2. The molecule has 0 nitrogen and oxygen atoms in total.